The molecule has 2 aromatic heterocycles. The molecule has 0 unspecified atom stereocenters. The van der Waals surface area contributed by atoms with Crippen LogP contribution < -0.4 is 10.1 Å². The maximum Gasteiger partial charge on any atom is 0.268 e. The fourth-order valence-electron chi connectivity index (χ4n) is 3.60. The van der Waals surface area contributed by atoms with Crippen molar-refractivity contribution in [2.45, 2.75) is 18.9 Å². The van der Waals surface area contributed by atoms with E-state index >= 15 is 0 Å². The summed E-state index contributed by atoms with van der Waals surface area (Å²) in [6.45, 7) is 2.09. The number of ether oxygens (including phenoxy) is 1. The molecular weight excluding hydrogens is 425 g/mol. The minimum atomic E-state index is -0.989. The van der Waals surface area contributed by atoms with Gasteiger partial charge in [0.25, 0.3) is 5.91 Å². The summed E-state index contributed by atoms with van der Waals surface area (Å²) in [7, 11) is 1.80. The van der Waals surface area contributed by atoms with Crippen molar-refractivity contribution in [2.24, 2.45) is 7.05 Å². The van der Waals surface area contributed by atoms with Crippen LogP contribution in [0.4, 0.5) is 4.39 Å². The van der Waals surface area contributed by atoms with E-state index in [4.69, 9.17) is 4.74 Å². The van der Waals surface area contributed by atoms with Crippen LogP contribution in [0.1, 0.15) is 33.7 Å². The quantitative estimate of drug-likeness (QED) is 0.663. The second-order valence-electron chi connectivity index (χ2n) is 6.93. The third-order valence-corrected chi connectivity index (χ3v) is 5.54. The van der Waals surface area contributed by atoms with Crippen LogP contribution in [0.5, 0.6) is 5.75 Å². The van der Waals surface area contributed by atoms with Crippen LogP contribution in [0.2, 0.25) is 0 Å². The molecule has 1 aliphatic heterocycles. The van der Waals surface area contributed by atoms with Gasteiger partial charge >= 0.3 is 0 Å². The number of nitrogens with zero attached hydrogens (tertiary/aromatic N) is 2. The smallest absolute Gasteiger partial charge is 0.268 e. The predicted octanol–water partition coefficient (Wildman–Crippen LogP) is 4.09. The van der Waals surface area contributed by atoms with Crippen LogP contribution in [0, 0.1) is 12.7 Å². The van der Waals surface area contributed by atoms with Gasteiger partial charge in [-0.3, -0.25) is 9.78 Å². The van der Waals surface area contributed by atoms with Gasteiger partial charge in [-0.1, -0.05) is 12.1 Å². The summed E-state index contributed by atoms with van der Waals surface area (Å²) in [6.07, 6.45) is 3.90. The Morgan fingerprint density at radius 2 is 2.18 bits per heavy atom. The molecule has 3 aromatic rings. The first-order chi connectivity index (χ1) is 13.4. The van der Waals surface area contributed by atoms with E-state index in [1.165, 1.54) is 6.07 Å². The highest BCUT2D eigenvalue weighted by Gasteiger charge is 2.43. The summed E-state index contributed by atoms with van der Waals surface area (Å²) in [4.78, 5) is 17.7. The molecule has 28 heavy (non-hydrogen) atoms. The number of pyridine rings is 1. The fourth-order valence-corrected chi connectivity index (χ4v) is 4.13. The minimum Gasteiger partial charge on any atom is -0.491 e. The third kappa shape index (κ3) is 3.09. The van der Waals surface area contributed by atoms with E-state index in [1.54, 1.807) is 42.9 Å². The number of hydrogen-bond donors (Lipinski definition) is 1. The molecular formula is C21H19BrFN3O2. The first kappa shape index (κ1) is 18.7. The largest absolute Gasteiger partial charge is 0.491 e. The van der Waals surface area contributed by atoms with Gasteiger partial charge in [0.15, 0.2) is 0 Å². The topological polar surface area (TPSA) is 56.2 Å². The number of benzene rings is 1. The Morgan fingerprint density at radius 1 is 1.36 bits per heavy atom. The van der Waals surface area contributed by atoms with Crippen LogP contribution in [-0.4, -0.2) is 22.1 Å². The van der Waals surface area contributed by atoms with Crippen molar-refractivity contribution in [3.05, 3.63) is 81.6 Å². The Kier molecular flexibility index (Phi) is 4.71. The lowest BCUT2D eigenvalue weighted by molar-refractivity contribution is 0.0875. The number of carbonyl (C=O) groups is 1. The maximum absolute atomic E-state index is 14.4. The Balaban J connectivity index is 1.87. The lowest BCUT2D eigenvalue weighted by Gasteiger charge is -2.39. The summed E-state index contributed by atoms with van der Waals surface area (Å²) >= 11 is 3.40. The molecule has 1 atom stereocenters. The van der Waals surface area contributed by atoms with Gasteiger partial charge in [0.1, 0.15) is 28.5 Å². The van der Waals surface area contributed by atoms with Crippen LogP contribution in [0.15, 0.2) is 53.3 Å². The van der Waals surface area contributed by atoms with Gasteiger partial charge in [-0.05, 0) is 58.2 Å². The highest BCUT2D eigenvalue weighted by Crippen LogP contribution is 2.41. The van der Waals surface area contributed by atoms with E-state index < -0.39 is 5.54 Å². The summed E-state index contributed by atoms with van der Waals surface area (Å²) in [5.74, 6) is -0.00695. The van der Waals surface area contributed by atoms with Crippen molar-refractivity contribution >= 4 is 21.8 Å². The molecule has 3 heterocycles. The zero-order valence-corrected chi connectivity index (χ0v) is 17.1. The zero-order valence-electron chi connectivity index (χ0n) is 15.5. The van der Waals surface area contributed by atoms with Crippen molar-refractivity contribution in [3.63, 3.8) is 0 Å². The maximum atomic E-state index is 14.4. The number of aromatic nitrogens is 2. The van der Waals surface area contributed by atoms with Gasteiger partial charge in [0.2, 0.25) is 0 Å². The first-order valence-electron chi connectivity index (χ1n) is 8.90. The highest BCUT2D eigenvalue weighted by atomic mass is 79.9. The van der Waals surface area contributed by atoms with Crippen molar-refractivity contribution in [1.82, 2.24) is 14.9 Å². The van der Waals surface area contributed by atoms with Gasteiger partial charge in [-0.2, -0.15) is 0 Å². The zero-order chi connectivity index (χ0) is 19.9. The van der Waals surface area contributed by atoms with E-state index in [0.29, 0.717) is 41.3 Å². The summed E-state index contributed by atoms with van der Waals surface area (Å²) < 4.78 is 22.7. The average Bonchev–Trinajstić information content (AvgIpc) is 3.02. The number of amides is 1. The number of rotatable bonds is 3. The predicted molar refractivity (Wildman–Crippen MR) is 107 cm³/mol. The summed E-state index contributed by atoms with van der Waals surface area (Å²) in [5.41, 5.74) is 1.26. The number of halogens is 2. The minimum absolute atomic E-state index is 0.271. The normalized spacial score (nSPS) is 18.3. The summed E-state index contributed by atoms with van der Waals surface area (Å²) in [6, 6.07) is 10.4. The second-order valence-corrected chi connectivity index (χ2v) is 7.84. The standard InChI is InChI=1S/C21H19BrFN3O2/c1-13-5-6-14(10-16(13)23)21(7-9-28-18-4-3-8-24-19(18)21)25-20(27)17-11-15(22)12-26(17)2/h3-6,8,10-12H,7,9H2,1-2H3,(H,25,27)/t21-/m0/s1. The van der Waals surface area contributed by atoms with Gasteiger partial charge < -0.3 is 14.6 Å². The molecule has 5 nitrogen and oxygen atoms in total. The molecule has 0 saturated carbocycles. The van der Waals surface area contributed by atoms with Crippen molar-refractivity contribution in [2.75, 3.05) is 6.61 Å². The molecule has 4 rings (SSSR count). The number of carbonyl (C=O) groups excluding carboxylic acids is 1. The lowest BCUT2D eigenvalue weighted by Crippen LogP contribution is -2.50. The first-order valence-corrected chi connectivity index (χ1v) is 9.69. The molecule has 1 aromatic carbocycles. The van der Waals surface area contributed by atoms with Gasteiger partial charge in [-0.25, -0.2) is 4.39 Å². The molecule has 0 saturated heterocycles. The van der Waals surface area contributed by atoms with Crippen molar-refractivity contribution in [3.8, 4) is 5.75 Å². The Hall–Kier alpha value is -2.67. The van der Waals surface area contributed by atoms with Crippen molar-refractivity contribution in [1.29, 1.82) is 0 Å². The second kappa shape index (κ2) is 7.05. The highest BCUT2D eigenvalue weighted by molar-refractivity contribution is 9.10. The molecule has 1 N–H and O–H groups in total. The molecule has 0 fully saturated rings. The number of hydrogen-bond acceptors (Lipinski definition) is 3. The van der Waals surface area contributed by atoms with Gasteiger partial charge in [0, 0.05) is 30.3 Å². The molecule has 1 aliphatic rings. The average molecular weight is 444 g/mol. The van der Waals surface area contributed by atoms with E-state index in [-0.39, 0.29) is 11.7 Å². The van der Waals surface area contributed by atoms with Crippen molar-refractivity contribution < 1.29 is 13.9 Å². The van der Waals surface area contributed by atoms with Crippen LogP contribution in [0.25, 0.3) is 0 Å². The van der Waals surface area contributed by atoms with Crippen LogP contribution in [-0.2, 0) is 12.6 Å². The fraction of sp³-hybridized carbons (Fsp3) is 0.238. The number of aryl methyl sites for hydroxylation is 2. The monoisotopic (exact) mass is 443 g/mol. The molecule has 1 amide bonds. The van der Waals surface area contributed by atoms with Gasteiger partial charge in [0.05, 0.1) is 6.61 Å². The Labute approximate surface area is 170 Å². The van der Waals surface area contributed by atoms with Crippen LogP contribution in [0.3, 0.4) is 0 Å². The van der Waals surface area contributed by atoms with E-state index in [1.807, 2.05) is 18.3 Å². The molecule has 144 valence electrons. The number of nitrogens with one attached hydrogen (secondary N) is 1. The number of fused-ring (bicyclic) bond motifs is 1. The SMILES string of the molecule is Cc1ccc([C@@]2(NC(=O)c3cc(Br)cn3C)CCOc3cccnc32)cc1F. The molecule has 0 aliphatic carbocycles. The third-order valence-electron chi connectivity index (χ3n) is 5.11. The molecule has 0 radical (unpaired) electrons. The molecule has 0 spiro atoms. The van der Waals surface area contributed by atoms with E-state index in [9.17, 15) is 9.18 Å². The Bertz CT molecular complexity index is 1070. The Morgan fingerprint density at radius 3 is 2.89 bits per heavy atom. The van der Waals surface area contributed by atoms with Crippen LogP contribution >= 0.6 is 15.9 Å². The van der Waals surface area contributed by atoms with E-state index in [0.717, 1.165) is 4.47 Å². The molecule has 0 bridgehead atoms. The lowest BCUT2D eigenvalue weighted by atomic mass is 9.81. The van der Waals surface area contributed by atoms with E-state index in [2.05, 4.69) is 26.2 Å². The molecule has 7 heteroatoms. The summed E-state index contributed by atoms with van der Waals surface area (Å²) in [5, 5.41) is 3.13. The van der Waals surface area contributed by atoms with Gasteiger partial charge in [-0.15, -0.1) is 0 Å².